The van der Waals surface area contributed by atoms with Crippen molar-refractivity contribution in [1.29, 1.82) is 0 Å². The van der Waals surface area contributed by atoms with Crippen LogP contribution in [0.15, 0.2) is 85.0 Å². The minimum Gasteiger partial charge on any atom is -0.357 e. The fourth-order valence-corrected chi connectivity index (χ4v) is 7.93. The van der Waals surface area contributed by atoms with Gasteiger partial charge in [-0.25, -0.2) is 35.9 Å². The van der Waals surface area contributed by atoms with Crippen molar-refractivity contribution in [1.82, 2.24) is 9.44 Å². The second-order valence-corrected chi connectivity index (χ2v) is 13.5. The van der Waals surface area contributed by atoms with Gasteiger partial charge in [0.1, 0.15) is 0 Å². The van der Waals surface area contributed by atoms with Crippen LogP contribution in [0.25, 0.3) is 10.8 Å². The molecule has 0 heterocycles. The van der Waals surface area contributed by atoms with Crippen molar-refractivity contribution in [3.8, 4) is 0 Å². The van der Waals surface area contributed by atoms with Crippen LogP contribution >= 0.6 is 0 Å². The maximum Gasteiger partial charge on any atom is 0.332 e. The third-order valence-corrected chi connectivity index (χ3v) is 11.2. The first kappa shape index (κ1) is 31.0. The van der Waals surface area contributed by atoms with Gasteiger partial charge in [0.15, 0.2) is 0 Å². The molecule has 4 rings (SSSR count). The van der Waals surface area contributed by atoms with Crippen molar-refractivity contribution in [2.75, 3.05) is 24.9 Å². The van der Waals surface area contributed by atoms with Crippen LogP contribution in [0.5, 0.6) is 0 Å². The second-order valence-electron chi connectivity index (χ2n) is 9.81. The third-order valence-electron chi connectivity index (χ3n) is 7.24. The molecule has 12 nitrogen and oxygen atoms in total. The molecular formula is C28H32N4O8S2. The van der Waals surface area contributed by atoms with E-state index in [0.717, 1.165) is 5.39 Å². The Morgan fingerprint density at radius 2 is 1.07 bits per heavy atom. The first-order valence-corrected chi connectivity index (χ1v) is 15.8. The number of methoxy groups -OCH3 is 2. The van der Waals surface area contributed by atoms with Crippen molar-refractivity contribution in [3.63, 3.8) is 0 Å². The van der Waals surface area contributed by atoms with Crippen LogP contribution in [0.3, 0.4) is 0 Å². The highest BCUT2D eigenvalue weighted by molar-refractivity contribution is 7.91. The summed E-state index contributed by atoms with van der Waals surface area (Å²) in [5.74, 6) is -1.12. The van der Waals surface area contributed by atoms with Gasteiger partial charge >= 0.3 is 12.1 Å². The fraction of sp³-hybridized carbons (Fsp3) is 0.286. The standard InChI is InChI=1S/C28H32N4O8S2/c1-19-9-5-7-15-27(19,39-3)41(35,36)31-25(33)29-23-13-11-21-12-14-24(18-22(21)17-23)30-26(34)32-42(37,38)28(40-4)16-8-6-10-20(28)2/h5-20H,1-4H3,(H2,29,31,33)(H2,30,32,34). The van der Waals surface area contributed by atoms with Gasteiger partial charge in [0.25, 0.3) is 20.0 Å². The van der Waals surface area contributed by atoms with Gasteiger partial charge in [-0.2, -0.15) is 0 Å². The summed E-state index contributed by atoms with van der Waals surface area (Å²) < 4.78 is 67.0. The number of nitrogens with one attached hydrogen (secondary N) is 4. The molecule has 0 saturated carbocycles. The molecule has 2 aliphatic rings. The smallest absolute Gasteiger partial charge is 0.332 e. The number of carbonyl (C=O) groups excluding carboxylic acids is 2. The highest BCUT2D eigenvalue weighted by atomic mass is 32.2. The molecular weight excluding hydrogens is 584 g/mol. The van der Waals surface area contributed by atoms with Crippen LogP contribution in [-0.2, 0) is 29.5 Å². The number of benzene rings is 2. The molecule has 2 aromatic rings. The molecule has 0 saturated heterocycles. The summed E-state index contributed by atoms with van der Waals surface area (Å²) in [6.07, 6.45) is 12.5. The molecule has 4 unspecified atom stereocenters. The molecule has 4 N–H and O–H groups in total. The predicted molar refractivity (Wildman–Crippen MR) is 160 cm³/mol. The van der Waals surface area contributed by atoms with Gasteiger partial charge in [0.2, 0.25) is 9.87 Å². The molecule has 42 heavy (non-hydrogen) atoms. The molecule has 0 fully saturated rings. The SMILES string of the molecule is COC1(S(=O)(=O)NC(=O)Nc2ccc3ccc(NC(=O)NS(=O)(=O)C4(OC)C=CC=CC4C)cc3c2)C=CC=CC1C. The number of anilines is 2. The Hall–Kier alpha value is -3.98. The summed E-state index contributed by atoms with van der Waals surface area (Å²) in [6.45, 7) is 3.32. The van der Waals surface area contributed by atoms with E-state index in [1.54, 1.807) is 74.5 Å². The Kier molecular flexibility index (Phi) is 8.64. The normalized spacial score (nSPS) is 25.2. The molecule has 224 valence electrons. The summed E-state index contributed by atoms with van der Waals surface area (Å²) in [6, 6.07) is 7.69. The van der Waals surface area contributed by atoms with Crippen LogP contribution in [0, 0.1) is 11.8 Å². The average Bonchev–Trinajstić information content (AvgIpc) is 2.92. The van der Waals surface area contributed by atoms with Gasteiger partial charge in [-0.15, -0.1) is 0 Å². The molecule has 14 heteroatoms. The number of amides is 4. The molecule has 2 aliphatic carbocycles. The summed E-state index contributed by atoms with van der Waals surface area (Å²) in [7, 11) is -6.10. The number of ether oxygens (including phenoxy) is 2. The number of carbonyl (C=O) groups is 2. The fourth-order valence-electron chi connectivity index (χ4n) is 4.93. The number of rotatable bonds is 8. The van der Waals surface area contributed by atoms with Crippen LogP contribution < -0.4 is 20.1 Å². The van der Waals surface area contributed by atoms with Crippen LogP contribution in [0.2, 0.25) is 0 Å². The first-order chi connectivity index (χ1) is 19.8. The van der Waals surface area contributed by atoms with Crippen molar-refractivity contribution >= 4 is 54.3 Å². The van der Waals surface area contributed by atoms with Gasteiger partial charge in [0, 0.05) is 37.4 Å². The van der Waals surface area contributed by atoms with E-state index >= 15 is 0 Å². The highest BCUT2D eigenvalue weighted by Gasteiger charge is 2.48. The molecule has 0 aromatic heterocycles. The molecule has 4 amide bonds. The monoisotopic (exact) mass is 616 g/mol. The van der Waals surface area contributed by atoms with E-state index in [1.165, 1.54) is 38.5 Å². The van der Waals surface area contributed by atoms with Crippen molar-refractivity contribution in [2.24, 2.45) is 11.8 Å². The predicted octanol–water partition coefficient (Wildman–Crippen LogP) is 3.95. The van der Waals surface area contributed by atoms with Crippen molar-refractivity contribution in [2.45, 2.75) is 23.7 Å². The van der Waals surface area contributed by atoms with E-state index in [2.05, 4.69) is 10.6 Å². The van der Waals surface area contributed by atoms with Crippen LogP contribution in [0.4, 0.5) is 21.0 Å². The highest BCUT2D eigenvalue weighted by Crippen LogP contribution is 2.34. The number of sulfonamides is 2. The lowest BCUT2D eigenvalue weighted by Crippen LogP contribution is -2.53. The van der Waals surface area contributed by atoms with E-state index in [1.807, 2.05) is 9.44 Å². The lowest BCUT2D eigenvalue weighted by atomic mass is 9.99. The second kappa shape index (κ2) is 11.7. The number of hydrogen-bond donors (Lipinski definition) is 4. The van der Waals surface area contributed by atoms with Crippen molar-refractivity contribution in [3.05, 3.63) is 85.0 Å². The number of urea groups is 2. The number of allylic oxidation sites excluding steroid dienone is 4. The van der Waals surface area contributed by atoms with Crippen molar-refractivity contribution < 1.29 is 35.9 Å². The molecule has 0 aliphatic heterocycles. The van der Waals surface area contributed by atoms with Gasteiger partial charge in [0.05, 0.1) is 0 Å². The number of hydrogen-bond acceptors (Lipinski definition) is 8. The number of fused-ring (bicyclic) bond motifs is 1. The van der Waals surface area contributed by atoms with Gasteiger partial charge < -0.3 is 20.1 Å². The maximum absolute atomic E-state index is 13.1. The summed E-state index contributed by atoms with van der Waals surface area (Å²) in [5, 5.41) is 6.30. The molecule has 0 bridgehead atoms. The largest absolute Gasteiger partial charge is 0.357 e. The van der Waals surface area contributed by atoms with Crippen LogP contribution in [-0.4, -0.2) is 53.0 Å². The van der Waals surface area contributed by atoms with E-state index < -0.39 is 53.8 Å². The summed E-state index contributed by atoms with van der Waals surface area (Å²) >= 11 is 0. The molecule has 0 radical (unpaired) electrons. The maximum atomic E-state index is 13.1. The average molecular weight is 617 g/mol. The minimum absolute atomic E-state index is 0.270. The molecule has 0 spiro atoms. The third kappa shape index (κ3) is 5.70. The van der Waals surface area contributed by atoms with E-state index in [-0.39, 0.29) is 11.4 Å². The lowest BCUT2D eigenvalue weighted by molar-refractivity contribution is 0.0706. The topological polar surface area (TPSA) is 169 Å². The Balaban J connectivity index is 1.47. The van der Waals surface area contributed by atoms with Gasteiger partial charge in [-0.3, -0.25) is 0 Å². The van der Waals surface area contributed by atoms with E-state index in [0.29, 0.717) is 5.39 Å². The van der Waals surface area contributed by atoms with Gasteiger partial charge in [-0.05, 0) is 47.2 Å². The lowest BCUT2D eigenvalue weighted by Gasteiger charge is -2.34. The van der Waals surface area contributed by atoms with E-state index in [4.69, 9.17) is 9.47 Å². The van der Waals surface area contributed by atoms with Crippen LogP contribution in [0.1, 0.15) is 13.8 Å². The zero-order valence-electron chi connectivity index (χ0n) is 23.3. The minimum atomic E-state index is -4.30. The Labute approximate surface area is 244 Å². The quantitative estimate of drug-likeness (QED) is 0.346. The molecule has 4 atom stereocenters. The van der Waals surface area contributed by atoms with Gasteiger partial charge in [-0.1, -0.05) is 62.4 Å². The zero-order valence-corrected chi connectivity index (χ0v) is 25.0. The van der Waals surface area contributed by atoms with E-state index in [9.17, 15) is 26.4 Å². The molecule has 2 aromatic carbocycles. The summed E-state index contributed by atoms with van der Waals surface area (Å²) in [4.78, 5) is 21.8. The summed E-state index contributed by atoms with van der Waals surface area (Å²) in [5.41, 5.74) is 0.539. The Bertz CT molecular complexity index is 1610. The Morgan fingerprint density at radius 3 is 1.43 bits per heavy atom. The zero-order chi connectivity index (χ0) is 30.8. The Morgan fingerprint density at radius 1 is 0.667 bits per heavy atom. The first-order valence-electron chi connectivity index (χ1n) is 12.8.